The Balaban J connectivity index is 1.80. The molecule has 0 unspecified atom stereocenters. The summed E-state index contributed by atoms with van der Waals surface area (Å²) >= 11 is 0. The summed E-state index contributed by atoms with van der Waals surface area (Å²) in [4.78, 5) is 25.2. The highest BCUT2D eigenvalue weighted by atomic mass is 16.2. The van der Waals surface area contributed by atoms with Gasteiger partial charge in [0.25, 0.3) is 11.8 Å². The van der Waals surface area contributed by atoms with Gasteiger partial charge in [-0.1, -0.05) is 30.3 Å². The summed E-state index contributed by atoms with van der Waals surface area (Å²) in [5, 5.41) is 14.8. The van der Waals surface area contributed by atoms with E-state index < -0.39 is 0 Å². The lowest BCUT2D eigenvalue weighted by Crippen LogP contribution is -2.16. The van der Waals surface area contributed by atoms with Crippen molar-refractivity contribution in [3.63, 3.8) is 0 Å². The van der Waals surface area contributed by atoms with E-state index in [0.29, 0.717) is 22.4 Å². The molecule has 0 aliphatic rings. The Hall–Kier alpha value is -3.91. The number of rotatable bonds is 4. The van der Waals surface area contributed by atoms with Gasteiger partial charge in [-0.05, 0) is 61.4 Å². The highest BCUT2D eigenvalue weighted by Gasteiger charge is 2.13. The number of nitrogens with zero attached hydrogens (tertiary/aromatic N) is 1. The number of anilines is 2. The molecular formula is C23H19N3O2. The highest BCUT2D eigenvalue weighted by molar-refractivity contribution is 6.09. The molecule has 0 saturated heterocycles. The van der Waals surface area contributed by atoms with Crippen LogP contribution >= 0.6 is 0 Å². The van der Waals surface area contributed by atoms with Crippen LogP contribution in [0.15, 0.2) is 66.7 Å². The molecule has 0 bridgehead atoms. The van der Waals surface area contributed by atoms with Crippen molar-refractivity contribution in [3.05, 3.63) is 94.5 Å². The molecule has 0 radical (unpaired) electrons. The Morgan fingerprint density at radius 3 is 2.04 bits per heavy atom. The zero-order valence-electron chi connectivity index (χ0n) is 15.6. The van der Waals surface area contributed by atoms with Gasteiger partial charge >= 0.3 is 0 Å². The van der Waals surface area contributed by atoms with Gasteiger partial charge in [0.15, 0.2) is 0 Å². The van der Waals surface area contributed by atoms with E-state index in [0.717, 1.165) is 16.8 Å². The third kappa shape index (κ3) is 4.08. The fourth-order valence-electron chi connectivity index (χ4n) is 2.77. The van der Waals surface area contributed by atoms with Gasteiger partial charge in [0.2, 0.25) is 0 Å². The summed E-state index contributed by atoms with van der Waals surface area (Å²) < 4.78 is 0. The van der Waals surface area contributed by atoms with Crippen molar-refractivity contribution in [2.24, 2.45) is 0 Å². The van der Waals surface area contributed by atoms with E-state index in [-0.39, 0.29) is 11.8 Å². The normalized spacial score (nSPS) is 10.0. The summed E-state index contributed by atoms with van der Waals surface area (Å²) in [6.07, 6.45) is 0. The second-order valence-electron chi connectivity index (χ2n) is 6.39. The number of carbonyl (C=O) groups excluding carboxylic acids is 2. The van der Waals surface area contributed by atoms with Crippen LogP contribution in [0.3, 0.4) is 0 Å². The molecule has 138 valence electrons. The van der Waals surface area contributed by atoms with Gasteiger partial charge in [0, 0.05) is 16.8 Å². The molecule has 5 nitrogen and oxygen atoms in total. The molecule has 0 atom stereocenters. The minimum absolute atomic E-state index is 0.291. The first kappa shape index (κ1) is 18.9. The monoisotopic (exact) mass is 369 g/mol. The molecule has 2 amide bonds. The molecule has 0 aliphatic heterocycles. The first-order valence-electron chi connectivity index (χ1n) is 8.77. The van der Waals surface area contributed by atoms with E-state index in [9.17, 15) is 9.59 Å². The molecule has 0 saturated carbocycles. The number of amides is 2. The van der Waals surface area contributed by atoms with Crippen molar-refractivity contribution in [1.82, 2.24) is 0 Å². The number of nitrogens with one attached hydrogen (secondary N) is 2. The minimum Gasteiger partial charge on any atom is -0.322 e. The summed E-state index contributed by atoms with van der Waals surface area (Å²) in [7, 11) is 0. The van der Waals surface area contributed by atoms with E-state index in [1.807, 2.05) is 38.1 Å². The van der Waals surface area contributed by atoms with Crippen LogP contribution in [0, 0.1) is 25.2 Å². The molecule has 28 heavy (non-hydrogen) atoms. The predicted octanol–water partition coefficient (Wildman–Crippen LogP) is 4.68. The van der Waals surface area contributed by atoms with Crippen molar-refractivity contribution in [1.29, 1.82) is 5.26 Å². The Morgan fingerprint density at radius 1 is 0.786 bits per heavy atom. The van der Waals surface area contributed by atoms with E-state index in [1.165, 1.54) is 6.07 Å². The topological polar surface area (TPSA) is 82.0 Å². The number of hydrogen-bond acceptors (Lipinski definition) is 3. The van der Waals surface area contributed by atoms with E-state index >= 15 is 0 Å². The zero-order valence-corrected chi connectivity index (χ0v) is 15.6. The third-order valence-electron chi connectivity index (χ3n) is 4.54. The SMILES string of the molecule is Cc1cccc(NC(=O)c2cccc(C(=O)Nc3ccccc3C#N)c2)c1C. The van der Waals surface area contributed by atoms with Crippen LogP contribution in [0.1, 0.15) is 37.4 Å². The number of nitriles is 1. The molecule has 3 rings (SSSR count). The van der Waals surface area contributed by atoms with Crippen LogP contribution in [0.4, 0.5) is 11.4 Å². The van der Waals surface area contributed by atoms with Gasteiger partial charge in [0.05, 0.1) is 11.3 Å². The van der Waals surface area contributed by atoms with Crippen LogP contribution < -0.4 is 10.6 Å². The summed E-state index contributed by atoms with van der Waals surface area (Å²) in [6.45, 7) is 3.93. The van der Waals surface area contributed by atoms with Gasteiger partial charge in [0.1, 0.15) is 6.07 Å². The maximum atomic E-state index is 12.6. The van der Waals surface area contributed by atoms with E-state index in [4.69, 9.17) is 5.26 Å². The zero-order chi connectivity index (χ0) is 20.1. The lowest BCUT2D eigenvalue weighted by molar-refractivity contribution is 0.102. The smallest absolute Gasteiger partial charge is 0.255 e. The van der Waals surface area contributed by atoms with Crippen LogP contribution in [0.25, 0.3) is 0 Å². The van der Waals surface area contributed by atoms with Crippen molar-refractivity contribution < 1.29 is 9.59 Å². The predicted molar refractivity (Wildman–Crippen MR) is 109 cm³/mol. The summed E-state index contributed by atoms with van der Waals surface area (Å²) in [6, 6.07) is 21.0. The second kappa shape index (κ2) is 8.19. The average Bonchev–Trinajstić information content (AvgIpc) is 2.72. The Labute approximate surface area is 163 Å². The second-order valence-corrected chi connectivity index (χ2v) is 6.39. The quantitative estimate of drug-likeness (QED) is 0.700. The van der Waals surface area contributed by atoms with Crippen LogP contribution in [0.5, 0.6) is 0 Å². The number of benzene rings is 3. The van der Waals surface area contributed by atoms with Crippen molar-refractivity contribution >= 4 is 23.2 Å². The van der Waals surface area contributed by atoms with Crippen LogP contribution in [-0.4, -0.2) is 11.8 Å². The lowest BCUT2D eigenvalue weighted by Gasteiger charge is -2.11. The Bertz CT molecular complexity index is 1100. The summed E-state index contributed by atoms with van der Waals surface area (Å²) in [5.41, 5.74) is 4.34. The van der Waals surface area contributed by atoms with Gasteiger partial charge in [-0.2, -0.15) is 5.26 Å². The lowest BCUT2D eigenvalue weighted by atomic mass is 10.1. The first-order valence-corrected chi connectivity index (χ1v) is 8.77. The third-order valence-corrected chi connectivity index (χ3v) is 4.54. The van der Waals surface area contributed by atoms with E-state index in [1.54, 1.807) is 42.5 Å². The van der Waals surface area contributed by atoms with Crippen molar-refractivity contribution in [3.8, 4) is 6.07 Å². The van der Waals surface area contributed by atoms with Crippen LogP contribution in [0.2, 0.25) is 0 Å². The number of para-hydroxylation sites is 1. The molecule has 2 N–H and O–H groups in total. The molecule has 0 aliphatic carbocycles. The van der Waals surface area contributed by atoms with Crippen LogP contribution in [-0.2, 0) is 0 Å². The maximum absolute atomic E-state index is 12.6. The average molecular weight is 369 g/mol. The molecule has 0 aromatic heterocycles. The van der Waals surface area contributed by atoms with Crippen molar-refractivity contribution in [2.75, 3.05) is 10.6 Å². The Kier molecular flexibility index (Phi) is 5.52. The van der Waals surface area contributed by atoms with Gasteiger partial charge in [-0.15, -0.1) is 0 Å². The fraction of sp³-hybridized carbons (Fsp3) is 0.0870. The molecular weight excluding hydrogens is 350 g/mol. The van der Waals surface area contributed by atoms with Crippen molar-refractivity contribution in [2.45, 2.75) is 13.8 Å². The molecule has 0 spiro atoms. The highest BCUT2D eigenvalue weighted by Crippen LogP contribution is 2.20. The summed E-state index contributed by atoms with van der Waals surface area (Å²) in [5.74, 6) is -0.676. The minimum atomic E-state index is -0.385. The molecule has 0 fully saturated rings. The maximum Gasteiger partial charge on any atom is 0.255 e. The fourth-order valence-corrected chi connectivity index (χ4v) is 2.77. The van der Waals surface area contributed by atoms with Gasteiger partial charge in [-0.25, -0.2) is 0 Å². The molecule has 5 heteroatoms. The molecule has 0 heterocycles. The largest absolute Gasteiger partial charge is 0.322 e. The molecule has 3 aromatic rings. The Morgan fingerprint density at radius 2 is 1.36 bits per heavy atom. The number of carbonyl (C=O) groups is 2. The van der Waals surface area contributed by atoms with E-state index in [2.05, 4.69) is 10.6 Å². The molecule has 3 aromatic carbocycles. The van der Waals surface area contributed by atoms with Gasteiger partial charge < -0.3 is 10.6 Å². The number of hydrogen-bond donors (Lipinski definition) is 2. The van der Waals surface area contributed by atoms with Gasteiger partial charge in [-0.3, -0.25) is 9.59 Å². The standard InChI is InChI=1S/C23H19N3O2/c1-15-7-5-12-20(16(15)2)25-22(27)17-9-6-10-18(13-17)23(28)26-21-11-4-3-8-19(21)14-24/h3-13H,1-2H3,(H,25,27)(H,26,28). The number of aryl methyl sites for hydroxylation is 1. The first-order chi connectivity index (χ1) is 13.5.